The second kappa shape index (κ2) is 7.24. The van der Waals surface area contributed by atoms with Gasteiger partial charge >= 0.3 is 0 Å². The predicted molar refractivity (Wildman–Crippen MR) is 64.7 cm³/mol. The predicted octanol–water partition coefficient (Wildman–Crippen LogP) is 2.49. The van der Waals surface area contributed by atoms with Crippen molar-refractivity contribution in [3.8, 4) is 0 Å². The highest BCUT2D eigenvalue weighted by atomic mass is 15.2. The largest absolute Gasteiger partial charge is 0.313 e. The number of rotatable bonds is 7. The van der Waals surface area contributed by atoms with Crippen LogP contribution >= 0.6 is 0 Å². The third-order valence-electron chi connectivity index (χ3n) is 3.29. The molecule has 0 spiro atoms. The zero-order valence-electron chi connectivity index (χ0n) is 10.8. The molecule has 3 unspecified atom stereocenters. The fraction of sp³-hybridized carbons (Fsp3) is 1.00. The quantitative estimate of drug-likeness (QED) is 0.679. The fourth-order valence-electron chi connectivity index (χ4n) is 2.02. The van der Waals surface area contributed by atoms with Crippen LogP contribution in [0.3, 0.4) is 0 Å². The highest BCUT2D eigenvalue weighted by molar-refractivity contribution is 4.79. The molecule has 0 aliphatic carbocycles. The van der Waals surface area contributed by atoms with Crippen LogP contribution in [0.2, 0.25) is 0 Å². The van der Waals surface area contributed by atoms with Crippen LogP contribution in [0.25, 0.3) is 0 Å². The molecule has 0 radical (unpaired) electrons. The molecule has 0 aliphatic heterocycles. The van der Waals surface area contributed by atoms with Crippen LogP contribution in [-0.4, -0.2) is 36.1 Å². The van der Waals surface area contributed by atoms with Gasteiger partial charge in [-0.15, -0.1) is 0 Å². The summed E-state index contributed by atoms with van der Waals surface area (Å²) in [5.41, 5.74) is 0. The lowest BCUT2D eigenvalue weighted by atomic mass is 10.1. The van der Waals surface area contributed by atoms with Gasteiger partial charge in [0, 0.05) is 18.1 Å². The Bertz CT molecular complexity index is 136. The molecule has 0 saturated heterocycles. The van der Waals surface area contributed by atoms with Crippen LogP contribution < -0.4 is 5.32 Å². The van der Waals surface area contributed by atoms with Crippen molar-refractivity contribution in [1.82, 2.24) is 10.2 Å². The number of hydrogen-bond donors (Lipinski definition) is 1. The van der Waals surface area contributed by atoms with Crippen LogP contribution in [0, 0.1) is 0 Å². The van der Waals surface area contributed by atoms with E-state index in [0.29, 0.717) is 18.1 Å². The number of hydrogen-bond acceptors (Lipinski definition) is 2. The molecule has 0 fully saturated rings. The molecular weight excluding hydrogens is 172 g/mol. The average Bonchev–Trinajstić information content (AvgIpc) is 2.18. The summed E-state index contributed by atoms with van der Waals surface area (Å²) >= 11 is 0. The molecule has 2 nitrogen and oxygen atoms in total. The van der Waals surface area contributed by atoms with Gasteiger partial charge in [-0.25, -0.2) is 0 Å². The van der Waals surface area contributed by atoms with Crippen molar-refractivity contribution in [2.75, 3.05) is 13.1 Å². The highest BCUT2D eigenvalue weighted by Gasteiger charge is 2.21. The lowest BCUT2D eigenvalue weighted by Gasteiger charge is -2.36. The van der Waals surface area contributed by atoms with E-state index in [1.165, 1.54) is 6.42 Å². The molecule has 0 bridgehead atoms. The lowest BCUT2D eigenvalue weighted by Crippen LogP contribution is -2.50. The van der Waals surface area contributed by atoms with Crippen LogP contribution in [0.1, 0.15) is 48.0 Å². The standard InChI is InChI=1S/C12H28N2/c1-7-10(4)14(9-3)12(6)11(5)13-8-2/h10-13H,7-9H2,1-6H3. The van der Waals surface area contributed by atoms with E-state index >= 15 is 0 Å². The summed E-state index contributed by atoms with van der Waals surface area (Å²) in [5, 5.41) is 3.50. The zero-order valence-corrected chi connectivity index (χ0v) is 10.8. The van der Waals surface area contributed by atoms with Gasteiger partial charge in [-0.2, -0.15) is 0 Å². The van der Waals surface area contributed by atoms with Gasteiger partial charge in [0.1, 0.15) is 0 Å². The Hall–Kier alpha value is -0.0800. The van der Waals surface area contributed by atoms with Crippen LogP contribution in [0.15, 0.2) is 0 Å². The normalized spacial score (nSPS) is 18.2. The summed E-state index contributed by atoms with van der Waals surface area (Å²) < 4.78 is 0. The first kappa shape index (κ1) is 13.9. The highest BCUT2D eigenvalue weighted by Crippen LogP contribution is 2.11. The zero-order chi connectivity index (χ0) is 11.1. The summed E-state index contributed by atoms with van der Waals surface area (Å²) in [4.78, 5) is 2.58. The third kappa shape index (κ3) is 3.97. The van der Waals surface area contributed by atoms with Gasteiger partial charge in [-0.1, -0.05) is 20.8 Å². The molecule has 0 aromatic heterocycles. The van der Waals surface area contributed by atoms with E-state index in [9.17, 15) is 0 Å². The first-order valence-corrected chi connectivity index (χ1v) is 6.07. The van der Waals surface area contributed by atoms with Gasteiger partial charge in [0.15, 0.2) is 0 Å². The van der Waals surface area contributed by atoms with Crippen molar-refractivity contribution in [3.05, 3.63) is 0 Å². The molecular formula is C12H28N2. The third-order valence-corrected chi connectivity index (χ3v) is 3.29. The van der Waals surface area contributed by atoms with Crippen molar-refractivity contribution in [2.45, 2.75) is 66.1 Å². The summed E-state index contributed by atoms with van der Waals surface area (Å²) in [5.74, 6) is 0. The molecule has 14 heavy (non-hydrogen) atoms. The Labute approximate surface area is 90.1 Å². The topological polar surface area (TPSA) is 15.3 Å². The van der Waals surface area contributed by atoms with Crippen molar-refractivity contribution in [3.63, 3.8) is 0 Å². The molecule has 0 aliphatic rings. The Balaban J connectivity index is 4.21. The fourth-order valence-corrected chi connectivity index (χ4v) is 2.02. The van der Waals surface area contributed by atoms with E-state index in [4.69, 9.17) is 0 Å². The van der Waals surface area contributed by atoms with Gasteiger partial charge in [-0.05, 0) is 40.3 Å². The van der Waals surface area contributed by atoms with E-state index in [1.54, 1.807) is 0 Å². The molecule has 0 amide bonds. The second-order valence-corrected chi connectivity index (χ2v) is 4.17. The molecule has 0 aromatic rings. The minimum absolute atomic E-state index is 0.578. The molecule has 0 heterocycles. The molecule has 0 saturated carbocycles. The van der Waals surface area contributed by atoms with E-state index in [2.05, 4.69) is 51.8 Å². The Kier molecular flexibility index (Phi) is 7.20. The van der Waals surface area contributed by atoms with E-state index in [0.717, 1.165) is 13.1 Å². The monoisotopic (exact) mass is 200 g/mol. The minimum Gasteiger partial charge on any atom is -0.313 e. The van der Waals surface area contributed by atoms with Gasteiger partial charge in [0.2, 0.25) is 0 Å². The molecule has 0 rings (SSSR count). The smallest absolute Gasteiger partial charge is 0.0221 e. The summed E-state index contributed by atoms with van der Waals surface area (Å²) in [6.45, 7) is 15.8. The summed E-state index contributed by atoms with van der Waals surface area (Å²) in [6, 6.07) is 1.89. The number of nitrogens with zero attached hydrogens (tertiary/aromatic N) is 1. The van der Waals surface area contributed by atoms with Crippen molar-refractivity contribution < 1.29 is 0 Å². The Morgan fingerprint density at radius 1 is 1.07 bits per heavy atom. The van der Waals surface area contributed by atoms with Crippen LogP contribution in [0.4, 0.5) is 0 Å². The number of nitrogens with one attached hydrogen (secondary N) is 1. The van der Waals surface area contributed by atoms with Crippen molar-refractivity contribution in [2.24, 2.45) is 0 Å². The SMILES string of the molecule is CCNC(C)C(C)N(CC)C(C)CC. The first-order chi connectivity index (χ1) is 6.58. The molecule has 1 N–H and O–H groups in total. The molecule has 86 valence electrons. The van der Waals surface area contributed by atoms with Crippen LogP contribution in [0.5, 0.6) is 0 Å². The van der Waals surface area contributed by atoms with Gasteiger partial charge in [-0.3, -0.25) is 4.90 Å². The second-order valence-electron chi connectivity index (χ2n) is 4.17. The lowest BCUT2D eigenvalue weighted by molar-refractivity contribution is 0.133. The summed E-state index contributed by atoms with van der Waals surface area (Å²) in [7, 11) is 0. The maximum atomic E-state index is 3.50. The van der Waals surface area contributed by atoms with Crippen molar-refractivity contribution in [1.29, 1.82) is 0 Å². The van der Waals surface area contributed by atoms with E-state index in [1.807, 2.05) is 0 Å². The Morgan fingerprint density at radius 2 is 1.64 bits per heavy atom. The number of likely N-dealkylation sites (N-methyl/N-ethyl adjacent to an activating group) is 2. The van der Waals surface area contributed by atoms with Crippen molar-refractivity contribution >= 4 is 0 Å². The maximum absolute atomic E-state index is 3.50. The van der Waals surface area contributed by atoms with Gasteiger partial charge in [0.05, 0.1) is 0 Å². The average molecular weight is 200 g/mol. The van der Waals surface area contributed by atoms with Gasteiger partial charge < -0.3 is 5.32 Å². The Morgan fingerprint density at radius 3 is 2.00 bits per heavy atom. The van der Waals surface area contributed by atoms with Gasteiger partial charge in [0.25, 0.3) is 0 Å². The first-order valence-electron chi connectivity index (χ1n) is 6.07. The van der Waals surface area contributed by atoms with Crippen LogP contribution in [-0.2, 0) is 0 Å². The van der Waals surface area contributed by atoms with E-state index < -0.39 is 0 Å². The summed E-state index contributed by atoms with van der Waals surface area (Å²) in [6.07, 6.45) is 1.23. The molecule has 0 aromatic carbocycles. The van der Waals surface area contributed by atoms with E-state index in [-0.39, 0.29) is 0 Å². The minimum atomic E-state index is 0.578. The maximum Gasteiger partial charge on any atom is 0.0221 e. The molecule has 3 atom stereocenters. The molecule has 2 heteroatoms.